The topological polar surface area (TPSA) is 17.1 Å². The molecule has 104 valence electrons. The molecule has 0 N–H and O–H groups in total. The van der Waals surface area contributed by atoms with Crippen LogP contribution in [0.5, 0.6) is 0 Å². The molecule has 0 heterocycles. The molecule has 0 aliphatic rings. The highest BCUT2D eigenvalue weighted by molar-refractivity contribution is 9.10. The van der Waals surface area contributed by atoms with E-state index < -0.39 is 11.6 Å². The van der Waals surface area contributed by atoms with Crippen LogP contribution in [0.4, 0.5) is 8.78 Å². The second-order valence-electron chi connectivity index (χ2n) is 4.33. The number of hydrogen-bond donors (Lipinski definition) is 0. The number of benzene rings is 2. The quantitative estimate of drug-likeness (QED) is 0.686. The van der Waals surface area contributed by atoms with Crippen LogP contribution in [-0.4, -0.2) is 5.78 Å². The second-order valence-corrected chi connectivity index (χ2v) is 5.68. The van der Waals surface area contributed by atoms with Crippen LogP contribution >= 0.6 is 27.5 Å². The van der Waals surface area contributed by atoms with Gasteiger partial charge in [0.15, 0.2) is 5.78 Å². The number of aryl methyl sites for hydroxylation is 1. The molecule has 0 fully saturated rings. The molecule has 0 unspecified atom stereocenters. The Morgan fingerprint density at radius 1 is 1.15 bits per heavy atom. The van der Waals surface area contributed by atoms with Gasteiger partial charge in [0.25, 0.3) is 0 Å². The summed E-state index contributed by atoms with van der Waals surface area (Å²) < 4.78 is 27.3. The highest BCUT2D eigenvalue weighted by atomic mass is 79.9. The Morgan fingerprint density at radius 3 is 2.55 bits per heavy atom. The maximum Gasteiger partial charge on any atom is 0.166 e. The number of Topliss-reactive ketones (excluding diaryl/α,β-unsaturated/α-hetero) is 1. The average molecular weight is 360 g/mol. The molecular formula is C15H10BrClF2O. The van der Waals surface area contributed by atoms with Crippen molar-refractivity contribution in [3.05, 3.63) is 68.7 Å². The summed E-state index contributed by atoms with van der Waals surface area (Å²) in [5.41, 5.74) is 0.650. The fourth-order valence-electron chi connectivity index (χ4n) is 1.86. The molecule has 0 aliphatic heterocycles. The van der Waals surface area contributed by atoms with Crippen molar-refractivity contribution in [3.63, 3.8) is 0 Å². The lowest BCUT2D eigenvalue weighted by Crippen LogP contribution is -2.04. The predicted octanol–water partition coefficient (Wildman–Crippen LogP) is 5.20. The summed E-state index contributed by atoms with van der Waals surface area (Å²) in [5.74, 6) is -1.34. The van der Waals surface area contributed by atoms with Crippen LogP contribution in [0.3, 0.4) is 0 Å². The van der Waals surface area contributed by atoms with E-state index in [9.17, 15) is 13.6 Å². The number of hydrogen-bond acceptors (Lipinski definition) is 1. The summed E-state index contributed by atoms with van der Waals surface area (Å²) in [4.78, 5) is 11.9. The van der Waals surface area contributed by atoms with Gasteiger partial charge in [-0.2, -0.15) is 0 Å². The van der Waals surface area contributed by atoms with E-state index in [4.69, 9.17) is 11.6 Å². The second kappa shape index (κ2) is 6.46. The number of rotatable bonds is 4. The fraction of sp³-hybridized carbons (Fsp3) is 0.133. The minimum atomic E-state index is -0.568. The number of carbonyl (C=O) groups is 1. The molecule has 0 radical (unpaired) electrons. The Hall–Kier alpha value is -1.26. The zero-order chi connectivity index (χ0) is 14.7. The van der Waals surface area contributed by atoms with E-state index in [0.717, 1.165) is 0 Å². The SMILES string of the molecule is O=C(CCc1cc(F)cc(Cl)c1)c1ccc(Br)cc1F. The van der Waals surface area contributed by atoms with Gasteiger partial charge in [0.05, 0.1) is 5.56 Å². The van der Waals surface area contributed by atoms with Crippen LogP contribution in [0.25, 0.3) is 0 Å². The molecule has 0 saturated heterocycles. The monoisotopic (exact) mass is 358 g/mol. The first kappa shape index (κ1) is 15.1. The molecule has 1 nitrogen and oxygen atoms in total. The van der Waals surface area contributed by atoms with E-state index >= 15 is 0 Å². The van der Waals surface area contributed by atoms with Crippen molar-refractivity contribution in [1.82, 2.24) is 0 Å². The highest BCUT2D eigenvalue weighted by Crippen LogP contribution is 2.19. The number of halogens is 4. The van der Waals surface area contributed by atoms with E-state index in [1.165, 1.54) is 24.3 Å². The molecule has 0 amide bonds. The molecule has 0 saturated carbocycles. The van der Waals surface area contributed by atoms with Crippen LogP contribution in [0.1, 0.15) is 22.3 Å². The molecule has 0 aliphatic carbocycles. The summed E-state index contributed by atoms with van der Waals surface area (Å²) in [6.07, 6.45) is 0.407. The van der Waals surface area contributed by atoms with Gasteiger partial charge in [-0.3, -0.25) is 4.79 Å². The third-order valence-electron chi connectivity index (χ3n) is 2.79. The van der Waals surface area contributed by atoms with Crippen molar-refractivity contribution in [1.29, 1.82) is 0 Å². The van der Waals surface area contributed by atoms with Gasteiger partial charge in [-0.05, 0) is 48.4 Å². The van der Waals surface area contributed by atoms with Crippen molar-refractivity contribution in [2.45, 2.75) is 12.8 Å². The van der Waals surface area contributed by atoms with E-state index in [1.807, 2.05) is 0 Å². The lowest BCUT2D eigenvalue weighted by atomic mass is 10.0. The Morgan fingerprint density at radius 2 is 1.90 bits per heavy atom. The van der Waals surface area contributed by atoms with Gasteiger partial charge < -0.3 is 0 Å². The van der Waals surface area contributed by atoms with Gasteiger partial charge in [0.2, 0.25) is 0 Å². The van der Waals surface area contributed by atoms with Gasteiger partial charge in [-0.1, -0.05) is 27.5 Å². The zero-order valence-corrected chi connectivity index (χ0v) is 12.6. The molecule has 0 spiro atoms. The summed E-state index contributed by atoms with van der Waals surface area (Å²) in [6.45, 7) is 0. The van der Waals surface area contributed by atoms with Crippen molar-refractivity contribution < 1.29 is 13.6 Å². The van der Waals surface area contributed by atoms with Crippen molar-refractivity contribution in [2.75, 3.05) is 0 Å². The summed E-state index contributed by atoms with van der Waals surface area (Å²) in [7, 11) is 0. The first-order valence-electron chi connectivity index (χ1n) is 5.89. The standard InChI is InChI=1S/C15H10BrClF2O/c16-10-2-3-13(14(19)7-10)15(20)4-1-9-5-11(17)8-12(18)6-9/h2-3,5-8H,1,4H2. The minimum Gasteiger partial charge on any atom is -0.294 e. The summed E-state index contributed by atoms with van der Waals surface area (Å²) in [5, 5.41) is 0.280. The molecule has 2 aromatic rings. The van der Waals surface area contributed by atoms with E-state index in [0.29, 0.717) is 16.5 Å². The number of carbonyl (C=O) groups excluding carboxylic acids is 1. The van der Waals surface area contributed by atoms with E-state index in [2.05, 4.69) is 15.9 Å². The minimum absolute atomic E-state index is 0.0377. The fourth-order valence-corrected chi connectivity index (χ4v) is 2.44. The highest BCUT2D eigenvalue weighted by Gasteiger charge is 2.12. The zero-order valence-electron chi connectivity index (χ0n) is 10.3. The van der Waals surface area contributed by atoms with Gasteiger partial charge >= 0.3 is 0 Å². The normalized spacial score (nSPS) is 10.6. The molecule has 20 heavy (non-hydrogen) atoms. The van der Waals surface area contributed by atoms with Gasteiger partial charge in [-0.25, -0.2) is 8.78 Å². The third-order valence-corrected chi connectivity index (χ3v) is 3.51. The van der Waals surface area contributed by atoms with Crippen molar-refractivity contribution >= 4 is 33.3 Å². The first-order valence-corrected chi connectivity index (χ1v) is 7.06. The predicted molar refractivity (Wildman–Crippen MR) is 78.2 cm³/mol. The van der Waals surface area contributed by atoms with Crippen LogP contribution in [0.15, 0.2) is 40.9 Å². The Labute approximate surface area is 128 Å². The largest absolute Gasteiger partial charge is 0.294 e. The Kier molecular flexibility index (Phi) is 4.89. The van der Waals surface area contributed by atoms with Crippen molar-refractivity contribution in [3.8, 4) is 0 Å². The molecule has 2 aromatic carbocycles. The van der Waals surface area contributed by atoms with Gasteiger partial charge in [-0.15, -0.1) is 0 Å². The maximum atomic E-state index is 13.6. The lowest BCUT2D eigenvalue weighted by molar-refractivity contribution is 0.0979. The van der Waals surface area contributed by atoms with Crippen LogP contribution in [-0.2, 0) is 6.42 Å². The van der Waals surface area contributed by atoms with Gasteiger partial charge in [0, 0.05) is 15.9 Å². The molecule has 0 bridgehead atoms. The molecule has 5 heteroatoms. The smallest absolute Gasteiger partial charge is 0.166 e. The molecule has 0 aromatic heterocycles. The number of ketones is 1. The molecular weight excluding hydrogens is 350 g/mol. The Bertz CT molecular complexity index is 638. The van der Waals surface area contributed by atoms with E-state index in [-0.39, 0.29) is 22.8 Å². The van der Waals surface area contributed by atoms with Crippen molar-refractivity contribution in [2.24, 2.45) is 0 Å². The third kappa shape index (κ3) is 3.87. The van der Waals surface area contributed by atoms with E-state index in [1.54, 1.807) is 12.1 Å². The Balaban J connectivity index is 2.08. The van der Waals surface area contributed by atoms with Crippen LogP contribution < -0.4 is 0 Å². The summed E-state index contributed by atoms with van der Waals surface area (Å²) in [6, 6.07) is 8.39. The van der Waals surface area contributed by atoms with Gasteiger partial charge in [0.1, 0.15) is 11.6 Å². The summed E-state index contributed by atoms with van der Waals surface area (Å²) >= 11 is 8.86. The lowest BCUT2D eigenvalue weighted by Gasteiger charge is -2.04. The maximum absolute atomic E-state index is 13.6. The molecule has 0 atom stereocenters. The molecule has 2 rings (SSSR count). The van der Waals surface area contributed by atoms with Crippen LogP contribution in [0, 0.1) is 11.6 Å². The average Bonchev–Trinajstić information content (AvgIpc) is 2.35. The van der Waals surface area contributed by atoms with Crippen LogP contribution in [0.2, 0.25) is 5.02 Å². The first-order chi connectivity index (χ1) is 9.45.